The van der Waals surface area contributed by atoms with Crippen molar-refractivity contribution in [1.82, 2.24) is 9.97 Å². The molecule has 0 aliphatic rings. The molecule has 0 aliphatic carbocycles. The number of aryl methyl sites for hydroxylation is 1. The van der Waals surface area contributed by atoms with E-state index in [1.807, 2.05) is 6.92 Å². The lowest BCUT2D eigenvalue weighted by molar-refractivity contribution is -0.133. The lowest BCUT2D eigenvalue weighted by Crippen LogP contribution is -2.09. The molecule has 0 fully saturated rings. The number of hydrogen-bond donors (Lipinski definition) is 2. The summed E-state index contributed by atoms with van der Waals surface area (Å²) in [7, 11) is 0. The number of rotatable bonds is 4. The van der Waals surface area contributed by atoms with E-state index in [0.29, 0.717) is 10.2 Å². The SMILES string of the molecule is Cc1sc2nc(SCC(=O)O)[nH]c(=O)c2c1-c1ccc(F)cc1. The molecule has 0 radical (unpaired) electrons. The van der Waals surface area contributed by atoms with Gasteiger partial charge >= 0.3 is 5.97 Å². The predicted molar refractivity (Wildman–Crippen MR) is 88.7 cm³/mol. The smallest absolute Gasteiger partial charge is 0.313 e. The molecule has 0 spiro atoms. The quantitative estimate of drug-likeness (QED) is 0.557. The van der Waals surface area contributed by atoms with Crippen LogP contribution in [-0.2, 0) is 4.79 Å². The highest BCUT2D eigenvalue weighted by Gasteiger charge is 2.17. The fraction of sp³-hybridized carbons (Fsp3) is 0.133. The van der Waals surface area contributed by atoms with Crippen molar-refractivity contribution >= 4 is 39.3 Å². The van der Waals surface area contributed by atoms with Crippen LogP contribution in [0.1, 0.15) is 4.88 Å². The third kappa shape index (κ3) is 3.13. The fourth-order valence-electron chi connectivity index (χ4n) is 2.26. The molecule has 0 saturated heterocycles. The van der Waals surface area contributed by atoms with E-state index < -0.39 is 5.97 Å². The zero-order valence-corrected chi connectivity index (χ0v) is 13.6. The van der Waals surface area contributed by atoms with Crippen LogP contribution < -0.4 is 5.56 Å². The summed E-state index contributed by atoms with van der Waals surface area (Å²) in [6.45, 7) is 1.87. The Morgan fingerprint density at radius 1 is 1.39 bits per heavy atom. The van der Waals surface area contributed by atoms with Gasteiger partial charge in [0.15, 0.2) is 5.16 Å². The van der Waals surface area contributed by atoms with Gasteiger partial charge in [-0.25, -0.2) is 9.37 Å². The van der Waals surface area contributed by atoms with Crippen molar-refractivity contribution in [1.29, 1.82) is 0 Å². The summed E-state index contributed by atoms with van der Waals surface area (Å²) >= 11 is 2.32. The molecule has 0 bridgehead atoms. The van der Waals surface area contributed by atoms with Gasteiger partial charge in [-0.1, -0.05) is 23.9 Å². The summed E-state index contributed by atoms with van der Waals surface area (Å²) in [6.07, 6.45) is 0. The molecule has 0 amide bonds. The van der Waals surface area contributed by atoms with Gasteiger partial charge in [-0.05, 0) is 24.6 Å². The Morgan fingerprint density at radius 3 is 2.74 bits per heavy atom. The topological polar surface area (TPSA) is 83.0 Å². The number of fused-ring (bicyclic) bond motifs is 1. The summed E-state index contributed by atoms with van der Waals surface area (Å²) in [5.74, 6) is -1.50. The van der Waals surface area contributed by atoms with Crippen LogP contribution in [0.15, 0.2) is 34.2 Å². The van der Waals surface area contributed by atoms with E-state index in [0.717, 1.165) is 27.8 Å². The first-order valence-corrected chi connectivity index (χ1v) is 8.40. The summed E-state index contributed by atoms with van der Waals surface area (Å²) in [4.78, 5) is 31.4. The Balaban J connectivity index is 2.14. The summed E-state index contributed by atoms with van der Waals surface area (Å²) in [6, 6.07) is 5.93. The average Bonchev–Trinajstić information content (AvgIpc) is 2.82. The van der Waals surface area contributed by atoms with Gasteiger partial charge < -0.3 is 10.1 Å². The number of nitrogens with zero attached hydrogens (tertiary/aromatic N) is 1. The molecular formula is C15H11FN2O3S2. The van der Waals surface area contributed by atoms with Crippen molar-refractivity contribution in [2.75, 3.05) is 5.75 Å². The van der Waals surface area contributed by atoms with E-state index in [9.17, 15) is 14.0 Å². The monoisotopic (exact) mass is 350 g/mol. The number of aromatic nitrogens is 2. The molecule has 2 heterocycles. The first kappa shape index (κ1) is 15.7. The van der Waals surface area contributed by atoms with E-state index >= 15 is 0 Å². The number of thioether (sulfide) groups is 1. The van der Waals surface area contributed by atoms with Crippen molar-refractivity contribution in [3.63, 3.8) is 0 Å². The van der Waals surface area contributed by atoms with Crippen LogP contribution >= 0.6 is 23.1 Å². The van der Waals surface area contributed by atoms with Crippen LogP contribution in [0.3, 0.4) is 0 Å². The molecule has 0 atom stereocenters. The molecule has 3 rings (SSSR count). The average molecular weight is 350 g/mol. The minimum absolute atomic E-state index is 0.177. The van der Waals surface area contributed by atoms with Gasteiger partial charge in [0.05, 0.1) is 11.1 Å². The van der Waals surface area contributed by atoms with Crippen LogP contribution in [0, 0.1) is 12.7 Å². The van der Waals surface area contributed by atoms with Crippen LogP contribution in [-0.4, -0.2) is 26.8 Å². The summed E-state index contributed by atoms with van der Waals surface area (Å²) in [5, 5.41) is 9.43. The van der Waals surface area contributed by atoms with Crippen molar-refractivity contribution < 1.29 is 14.3 Å². The maximum absolute atomic E-state index is 13.1. The first-order chi connectivity index (χ1) is 11.0. The number of nitrogens with one attached hydrogen (secondary N) is 1. The fourth-order valence-corrected chi connectivity index (χ4v) is 3.95. The Hall–Kier alpha value is -2.19. The molecule has 1 aromatic carbocycles. The van der Waals surface area contributed by atoms with Gasteiger partial charge in [-0.2, -0.15) is 0 Å². The number of benzene rings is 1. The summed E-state index contributed by atoms with van der Waals surface area (Å²) in [5.41, 5.74) is 1.15. The van der Waals surface area contributed by atoms with Crippen molar-refractivity contribution in [3.05, 3.63) is 45.3 Å². The Labute approximate surface area is 138 Å². The highest BCUT2D eigenvalue weighted by atomic mass is 32.2. The van der Waals surface area contributed by atoms with Crippen molar-refractivity contribution in [3.8, 4) is 11.1 Å². The minimum Gasteiger partial charge on any atom is -0.481 e. The Bertz CT molecular complexity index is 948. The molecule has 2 aromatic heterocycles. The van der Waals surface area contributed by atoms with Gasteiger partial charge in [0.1, 0.15) is 10.6 Å². The van der Waals surface area contributed by atoms with E-state index in [2.05, 4.69) is 9.97 Å². The lowest BCUT2D eigenvalue weighted by Gasteiger charge is -2.02. The molecule has 0 aliphatic heterocycles. The molecule has 2 N–H and O–H groups in total. The standard InChI is InChI=1S/C15H11FN2O3S2/c1-7-11(8-2-4-9(16)5-3-8)12-13(21)17-15(18-14(12)23-7)22-6-10(19)20/h2-5H,6H2,1H3,(H,19,20)(H,17,18,21). The molecular weight excluding hydrogens is 339 g/mol. The number of halogens is 1. The molecule has 0 saturated carbocycles. The maximum Gasteiger partial charge on any atom is 0.313 e. The molecule has 3 aromatic rings. The van der Waals surface area contributed by atoms with E-state index in [4.69, 9.17) is 5.11 Å². The molecule has 118 valence electrons. The first-order valence-electron chi connectivity index (χ1n) is 6.59. The minimum atomic E-state index is -0.980. The number of thiophene rings is 1. The van der Waals surface area contributed by atoms with Crippen LogP contribution in [0.4, 0.5) is 4.39 Å². The maximum atomic E-state index is 13.1. The van der Waals surface area contributed by atoms with Crippen molar-refractivity contribution in [2.45, 2.75) is 12.1 Å². The normalized spacial score (nSPS) is 11.0. The van der Waals surface area contributed by atoms with Crippen LogP contribution in [0.5, 0.6) is 0 Å². The Kier molecular flexibility index (Phi) is 4.18. The van der Waals surface area contributed by atoms with Crippen LogP contribution in [0.25, 0.3) is 21.3 Å². The van der Waals surface area contributed by atoms with E-state index in [1.165, 1.54) is 23.5 Å². The summed E-state index contributed by atoms with van der Waals surface area (Å²) < 4.78 is 13.1. The number of aromatic amines is 1. The van der Waals surface area contributed by atoms with Gasteiger partial charge in [0.25, 0.3) is 5.56 Å². The second-order valence-corrected chi connectivity index (χ2v) is 6.94. The molecule has 23 heavy (non-hydrogen) atoms. The van der Waals surface area contributed by atoms with E-state index in [-0.39, 0.29) is 22.3 Å². The van der Waals surface area contributed by atoms with Crippen molar-refractivity contribution in [2.24, 2.45) is 0 Å². The number of carbonyl (C=O) groups is 1. The Morgan fingerprint density at radius 2 is 2.09 bits per heavy atom. The number of aliphatic carboxylic acids is 1. The van der Waals surface area contributed by atoms with Gasteiger partial charge in [-0.3, -0.25) is 9.59 Å². The number of hydrogen-bond acceptors (Lipinski definition) is 5. The largest absolute Gasteiger partial charge is 0.481 e. The number of carboxylic acid groups (broad SMARTS) is 1. The zero-order chi connectivity index (χ0) is 16.6. The third-order valence-electron chi connectivity index (χ3n) is 3.18. The predicted octanol–water partition coefficient (Wildman–Crippen LogP) is 3.28. The highest BCUT2D eigenvalue weighted by molar-refractivity contribution is 7.99. The van der Waals surface area contributed by atoms with Crippen LogP contribution in [0.2, 0.25) is 0 Å². The van der Waals surface area contributed by atoms with Gasteiger partial charge in [-0.15, -0.1) is 11.3 Å². The second kappa shape index (κ2) is 6.13. The van der Waals surface area contributed by atoms with E-state index in [1.54, 1.807) is 12.1 Å². The van der Waals surface area contributed by atoms with Gasteiger partial charge in [0.2, 0.25) is 0 Å². The lowest BCUT2D eigenvalue weighted by atomic mass is 10.0. The third-order valence-corrected chi connectivity index (χ3v) is 5.04. The number of carboxylic acids is 1. The second-order valence-electron chi connectivity index (χ2n) is 4.77. The molecule has 5 nitrogen and oxygen atoms in total. The molecule has 0 unspecified atom stereocenters. The zero-order valence-electron chi connectivity index (χ0n) is 11.9. The van der Waals surface area contributed by atoms with Gasteiger partial charge in [0, 0.05) is 10.4 Å². The highest BCUT2D eigenvalue weighted by Crippen LogP contribution is 2.36. The number of H-pyrrole nitrogens is 1. The molecule has 8 heteroatoms.